The first-order chi connectivity index (χ1) is 16.3. The van der Waals surface area contributed by atoms with Gasteiger partial charge >= 0.3 is 0 Å². The van der Waals surface area contributed by atoms with Crippen molar-refractivity contribution < 1.29 is 9.59 Å². The second-order valence-electron chi connectivity index (χ2n) is 8.91. The number of para-hydroxylation sites is 1. The van der Waals surface area contributed by atoms with Crippen molar-refractivity contribution in [3.05, 3.63) is 75.9 Å². The highest BCUT2D eigenvalue weighted by Gasteiger charge is 2.31. The lowest BCUT2D eigenvalue weighted by atomic mass is 10.0. The van der Waals surface area contributed by atoms with E-state index in [1.165, 1.54) is 11.6 Å². The first-order valence-corrected chi connectivity index (χ1v) is 12.2. The van der Waals surface area contributed by atoms with Crippen molar-refractivity contribution in [2.75, 3.05) is 26.2 Å². The van der Waals surface area contributed by atoms with Crippen LogP contribution >= 0.6 is 23.2 Å². The molecule has 1 N–H and O–H groups in total. The summed E-state index contributed by atoms with van der Waals surface area (Å²) in [5.41, 5.74) is 2.51. The van der Waals surface area contributed by atoms with Gasteiger partial charge in [-0.05, 0) is 35.7 Å². The van der Waals surface area contributed by atoms with E-state index in [9.17, 15) is 9.59 Å². The first-order valence-electron chi connectivity index (χ1n) is 11.4. The van der Waals surface area contributed by atoms with Crippen LogP contribution < -0.4 is 5.32 Å². The maximum Gasteiger partial charge on any atom is 0.253 e. The number of pyridine rings is 1. The van der Waals surface area contributed by atoms with E-state index < -0.39 is 6.04 Å². The second-order valence-corrected chi connectivity index (χ2v) is 9.76. The Labute approximate surface area is 209 Å². The topological polar surface area (TPSA) is 65.5 Å². The van der Waals surface area contributed by atoms with Crippen LogP contribution in [0.2, 0.25) is 10.0 Å². The van der Waals surface area contributed by atoms with Crippen LogP contribution in [0.5, 0.6) is 0 Å². The Hall–Kier alpha value is -2.67. The summed E-state index contributed by atoms with van der Waals surface area (Å²) < 4.78 is 0. The predicted octanol–water partition coefficient (Wildman–Crippen LogP) is 4.64. The van der Waals surface area contributed by atoms with E-state index in [0.29, 0.717) is 23.7 Å². The molecule has 4 rings (SSSR count). The van der Waals surface area contributed by atoms with Gasteiger partial charge in [0.25, 0.3) is 5.91 Å². The van der Waals surface area contributed by atoms with Gasteiger partial charge < -0.3 is 10.2 Å². The lowest BCUT2D eigenvalue weighted by Crippen LogP contribution is -2.56. The summed E-state index contributed by atoms with van der Waals surface area (Å²) in [6.07, 6.45) is 1.82. The number of benzene rings is 2. The van der Waals surface area contributed by atoms with E-state index in [2.05, 4.69) is 39.5 Å². The van der Waals surface area contributed by atoms with Crippen molar-refractivity contribution in [3.8, 4) is 0 Å². The Morgan fingerprint density at radius 2 is 1.76 bits per heavy atom. The summed E-state index contributed by atoms with van der Waals surface area (Å²) in [4.78, 5) is 34.9. The zero-order valence-corrected chi connectivity index (χ0v) is 20.8. The van der Waals surface area contributed by atoms with Crippen LogP contribution in [0.15, 0.2) is 54.7 Å². The summed E-state index contributed by atoms with van der Waals surface area (Å²) in [6, 6.07) is 14.3. The van der Waals surface area contributed by atoms with E-state index >= 15 is 0 Å². The smallest absolute Gasteiger partial charge is 0.253 e. The summed E-state index contributed by atoms with van der Waals surface area (Å²) in [5, 5.41) is 4.73. The van der Waals surface area contributed by atoms with Crippen LogP contribution in [0.25, 0.3) is 10.9 Å². The molecule has 2 amide bonds. The molecule has 2 aromatic carbocycles. The summed E-state index contributed by atoms with van der Waals surface area (Å²) in [6.45, 7) is 7.38. The Morgan fingerprint density at radius 3 is 2.47 bits per heavy atom. The highest BCUT2D eigenvalue weighted by atomic mass is 35.5. The molecule has 0 radical (unpaired) electrons. The number of carbonyl (C=O) groups is 2. The number of halogens is 2. The van der Waals surface area contributed by atoms with Gasteiger partial charge in [-0.15, -0.1) is 0 Å². The van der Waals surface area contributed by atoms with E-state index in [4.69, 9.17) is 23.2 Å². The molecule has 1 aromatic heterocycles. The lowest BCUT2D eigenvalue weighted by molar-refractivity contribution is -0.136. The second kappa shape index (κ2) is 10.7. The summed E-state index contributed by atoms with van der Waals surface area (Å²) >= 11 is 12.1. The standard InChI is InChI=1S/C26H28Cl2N4O2/c1-17(2)23(30-25(33)21-9-8-20(27)15-22(21)28)26(34)32-13-11-31(12-14-32)16-19-6-3-5-18-7-4-10-29-24(18)19/h3-10,15,17,23H,11-14,16H2,1-2H3,(H,30,33). The van der Waals surface area contributed by atoms with Crippen molar-refractivity contribution >= 4 is 45.9 Å². The highest BCUT2D eigenvalue weighted by Crippen LogP contribution is 2.22. The minimum atomic E-state index is -0.631. The van der Waals surface area contributed by atoms with E-state index in [1.807, 2.05) is 31.0 Å². The van der Waals surface area contributed by atoms with Crippen molar-refractivity contribution in [3.63, 3.8) is 0 Å². The summed E-state index contributed by atoms with van der Waals surface area (Å²) in [7, 11) is 0. The largest absolute Gasteiger partial charge is 0.340 e. The molecule has 6 nitrogen and oxygen atoms in total. The number of nitrogens with one attached hydrogen (secondary N) is 1. The minimum absolute atomic E-state index is 0.0673. The van der Waals surface area contributed by atoms with Gasteiger partial charge in [0.2, 0.25) is 5.91 Å². The predicted molar refractivity (Wildman–Crippen MR) is 136 cm³/mol. The fourth-order valence-corrected chi connectivity index (χ4v) is 4.76. The maximum absolute atomic E-state index is 13.3. The average molecular weight is 499 g/mol. The van der Waals surface area contributed by atoms with Crippen molar-refractivity contribution in [2.45, 2.75) is 26.4 Å². The molecule has 34 heavy (non-hydrogen) atoms. The molecular weight excluding hydrogens is 471 g/mol. The fourth-order valence-electron chi connectivity index (χ4n) is 4.27. The number of piperazine rings is 1. The lowest BCUT2D eigenvalue weighted by Gasteiger charge is -2.37. The average Bonchev–Trinajstić information content (AvgIpc) is 2.82. The van der Waals surface area contributed by atoms with Gasteiger partial charge in [0, 0.05) is 49.3 Å². The Bertz CT molecular complexity index is 1190. The Kier molecular flexibility index (Phi) is 7.71. The van der Waals surface area contributed by atoms with E-state index in [0.717, 1.165) is 30.5 Å². The third-order valence-corrected chi connectivity index (χ3v) is 6.74. The quantitative estimate of drug-likeness (QED) is 0.537. The van der Waals surface area contributed by atoms with Crippen molar-refractivity contribution in [1.29, 1.82) is 0 Å². The van der Waals surface area contributed by atoms with Gasteiger partial charge in [0.1, 0.15) is 6.04 Å². The Morgan fingerprint density at radius 1 is 1.03 bits per heavy atom. The molecular formula is C26H28Cl2N4O2. The molecule has 1 fully saturated rings. The van der Waals surface area contributed by atoms with Crippen LogP contribution in [0.3, 0.4) is 0 Å². The number of carbonyl (C=O) groups excluding carboxylic acids is 2. The molecule has 0 saturated carbocycles. The third kappa shape index (κ3) is 5.52. The van der Waals surface area contributed by atoms with Gasteiger partial charge in [0.05, 0.1) is 16.1 Å². The van der Waals surface area contributed by atoms with Crippen LogP contribution in [0, 0.1) is 5.92 Å². The van der Waals surface area contributed by atoms with Gasteiger partial charge in [-0.25, -0.2) is 0 Å². The molecule has 1 saturated heterocycles. The number of hydrogen-bond donors (Lipinski definition) is 1. The van der Waals surface area contributed by atoms with Crippen molar-refractivity contribution in [2.24, 2.45) is 5.92 Å². The molecule has 2 heterocycles. The Balaban J connectivity index is 1.38. The molecule has 1 aliphatic rings. The molecule has 1 unspecified atom stereocenters. The number of hydrogen-bond acceptors (Lipinski definition) is 4. The number of rotatable bonds is 6. The fraction of sp³-hybridized carbons (Fsp3) is 0.346. The van der Waals surface area contributed by atoms with E-state index in [-0.39, 0.29) is 22.8 Å². The van der Waals surface area contributed by atoms with Gasteiger partial charge in [-0.3, -0.25) is 19.5 Å². The number of nitrogens with zero attached hydrogens (tertiary/aromatic N) is 3. The van der Waals surface area contributed by atoms with Crippen LogP contribution in [-0.4, -0.2) is 58.8 Å². The normalized spacial score (nSPS) is 15.5. The molecule has 0 bridgehead atoms. The third-order valence-electron chi connectivity index (χ3n) is 6.19. The minimum Gasteiger partial charge on any atom is -0.340 e. The number of aromatic nitrogens is 1. The SMILES string of the molecule is CC(C)C(NC(=O)c1ccc(Cl)cc1Cl)C(=O)N1CCN(Cc2cccc3cccnc23)CC1. The van der Waals surface area contributed by atoms with Crippen LogP contribution in [0.1, 0.15) is 29.8 Å². The molecule has 178 valence electrons. The number of fused-ring (bicyclic) bond motifs is 1. The van der Waals surface area contributed by atoms with Gasteiger partial charge in [0.15, 0.2) is 0 Å². The zero-order valence-electron chi connectivity index (χ0n) is 19.3. The number of amides is 2. The summed E-state index contributed by atoms with van der Waals surface area (Å²) in [5.74, 6) is -0.516. The monoisotopic (exact) mass is 498 g/mol. The molecule has 3 aromatic rings. The molecule has 1 aliphatic heterocycles. The molecule has 0 aliphatic carbocycles. The van der Waals surface area contributed by atoms with Gasteiger partial charge in [-0.2, -0.15) is 0 Å². The molecule has 1 atom stereocenters. The van der Waals surface area contributed by atoms with Crippen molar-refractivity contribution in [1.82, 2.24) is 20.1 Å². The molecule has 0 spiro atoms. The van der Waals surface area contributed by atoms with E-state index in [1.54, 1.807) is 12.1 Å². The van der Waals surface area contributed by atoms with Crippen LogP contribution in [0.4, 0.5) is 0 Å². The highest BCUT2D eigenvalue weighted by molar-refractivity contribution is 6.36. The molecule has 8 heteroatoms. The maximum atomic E-state index is 13.3. The zero-order chi connectivity index (χ0) is 24.2. The first kappa shape index (κ1) is 24.5. The van der Waals surface area contributed by atoms with Gasteiger partial charge in [-0.1, -0.05) is 61.3 Å². The van der Waals surface area contributed by atoms with Crippen LogP contribution in [-0.2, 0) is 11.3 Å².